The second-order valence-corrected chi connectivity index (χ2v) is 5.09. The number of rotatable bonds is 3. The Kier molecular flexibility index (Phi) is 5.40. The molecular formula is C18H16IN3O. The van der Waals surface area contributed by atoms with Crippen LogP contribution in [0, 0.1) is 11.3 Å². The fraction of sp³-hybridized carbons (Fsp3) is 0.111. The number of aromatic nitrogens is 2. The molecule has 0 aliphatic carbocycles. The van der Waals surface area contributed by atoms with Gasteiger partial charge in [-0.25, -0.2) is 4.57 Å². The quantitative estimate of drug-likeness (QED) is 0.373. The minimum Gasteiger partial charge on any atom is -1.00 e. The smallest absolute Gasteiger partial charge is 0.175 e. The molecule has 0 saturated carbocycles. The van der Waals surface area contributed by atoms with Crippen molar-refractivity contribution in [2.75, 3.05) is 7.11 Å². The standard InChI is InChI=1S/C18H16N3O.HI/c1-21-7-3-4-13(12-21)8-14(10-19)17-11-20-18-6-5-15(22-2)9-16(17)18;/h3-9,11-12,20H,1-2H3;1H/q+1;/p-1. The highest BCUT2D eigenvalue weighted by Gasteiger charge is 2.10. The van der Waals surface area contributed by atoms with Crippen molar-refractivity contribution >= 4 is 22.6 Å². The van der Waals surface area contributed by atoms with Crippen molar-refractivity contribution in [1.29, 1.82) is 5.26 Å². The van der Waals surface area contributed by atoms with E-state index >= 15 is 0 Å². The lowest BCUT2D eigenvalue weighted by Gasteiger charge is -2.01. The van der Waals surface area contributed by atoms with Crippen molar-refractivity contribution in [3.05, 3.63) is 60.0 Å². The summed E-state index contributed by atoms with van der Waals surface area (Å²) in [5.41, 5.74) is 3.46. The maximum absolute atomic E-state index is 9.54. The molecule has 0 saturated heterocycles. The predicted octanol–water partition coefficient (Wildman–Crippen LogP) is 0.0692. The molecule has 23 heavy (non-hydrogen) atoms. The molecular weight excluding hydrogens is 401 g/mol. The Morgan fingerprint density at radius 2 is 2.17 bits per heavy atom. The number of aryl methyl sites for hydroxylation is 1. The van der Waals surface area contributed by atoms with Crippen LogP contribution in [0.25, 0.3) is 22.6 Å². The summed E-state index contributed by atoms with van der Waals surface area (Å²) in [6.45, 7) is 0. The summed E-state index contributed by atoms with van der Waals surface area (Å²) in [6.07, 6.45) is 7.69. The number of hydrogen-bond donors (Lipinski definition) is 1. The SMILES string of the molecule is COc1ccc2[nH]cc(C(C#N)=Cc3ccc[n+](C)c3)c2c1.[I-]. The van der Waals surface area contributed by atoms with Crippen LogP contribution in [-0.4, -0.2) is 12.1 Å². The molecule has 1 N–H and O–H groups in total. The maximum atomic E-state index is 9.54. The van der Waals surface area contributed by atoms with Crippen molar-refractivity contribution in [3.8, 4) is 11.8 Å². The van der Waals surface area contributed by atoms with Gasteiger partial charge in [-0.05, 0) is 30.3 Å². The first-order valence-corrected chi connectivity index (χ1v) is 6.94. The molecule has 0 unspecified atom stereocenters. The largest absolute Gasteiger partial charge is 1.00 e. The van der Waals surface area contributed by atoms with Crippen LogP contribution in [0.1, 0.15) is 11.1 Å². The average Bonchev–Trinajstić information content (AvgIpc) is 2.95. The maximum Gasteiger partial charge on any atom is 0.175 e. The molecule has 3 aromatic rings. The van der Waals surface area contributed by atoms with Gasteiger partial charge in [0.05, 0.1) is 18.8 Å². The van der Waals surface area contributed by atoms with Crippen molar-refractivity contribution in [3.63, 3.8) is 0 Å². The summed E-state index contributed by atoms with van der Waals surface area (Å²) in [7, 11) is 3.60. The third-order valence-electron chi connectivity index (χ3n) is 3.57. The molecule has 1 aromatic carbocycles. The van der Waals surface area contributed by atoms with Gasteiger partial charge < -0.3 is 33.7 Å². The van der Waals surface area contributed by atoms with E-state index in [4.69, 9.17) is 4.74 Å². The van der Waals surface area contributed by atoms with E-state index in [2.05, 4.69) is 11.1 Å². The molecule has 2 heterocycles. The summed E-state index contributed by atoms with van der Waals surface area (Å²) in [4.78, 5) is 3.20. The van der Waals surface area contributed by atoms with Crippen LogP contribution in [0.4, 0.5) is 0 Å². The number of hydrogen-bond acceptors (Lipinski definition) is 2. The summed E-state index contributed by atoms with van der Waals surface area (Å²) < 4.78 is 7.23. The van der Waals surface area contributed by atoms with E-state index in [1.165, 1.54) is 0 Å². The zero-order valence-corrected chi connectivity index (χ0v) is 15.0. The molecule has 0 fully saturated rings. The molecule has 5 heteroatoms. The fourth-order valence-corrected chi connectivity index (χ4v) is 2.48. The first-order valence-electron chi connectivity index (χ1n) is 6.94. The van der Waals surface area contributed by atoms with E-state index in [0.29, 0.717) is 5.57 Å². The molecule has 3 rings (SSSR count). The van der Waals surface area contributed by atoms with Crippen LogP contribution in [0.2, 0.25) is 0 Å². The average molecular weight is 417 g/mol. The van der Waals surface area contributed by atoms with Crippen LogP contribution in [0.15, 0.2) is 48.9 Å². The molecule has 0 aliphatic heterocycles. The van der Waals surface area contributed by atoms with Crippen molar-refractivity contribution in [2.45, 2.75) is 0 Å². The van der Waals surface area contributed by atoms with Gasteiger partial charge in [-0.2, -0.15) is 5.26 Å². The van der Waals surface area contributed by atoms with Crippen molar-refractivity contribution < 1.29 is 33.3 Å². The first kappa shape index (κ1) is 17.0. The van der Waals surface area contributed by atoms with Crippen LogP contribution < -0.4 is 33.3 Å². The van der Waals surface area contributed by atoms with Crippen molar-refractivity contribution in [2.24, 2.45) is 7.05 Å². The van der Waals surface area contributed by atoms with Gasteiger partial charge in [0.15, 0.2) is 12.4 Å². The fourth-order valence-electron chi connectivity index (χ4n) is 2.48. The molecule has 116 valence electrons. The number of benzene rings is 1. The van der Waals surface area contributed by atoms with Crippen LogP contribution >= 0.6 is 0 Å². The lowest BCUT2D eigenvalue weighted by Crippen LogP contribution is -3.00. The number of allylic oxidation sites excluding steroid dienone is 1. The lowest BCUT2D eigenvalue weighted by atomic mass is 10.0. The molecule has 4 nitrogen and oxygen atoms in total. The number of halogens is 1. The number of nitrogens with zero attached hydrogens (tertiary/aromatic N) is 2. The van der Waals surface area contributed by atoms with Gasteiger partial charge in [-0.15, -0.1) is 0 Å². The monoisotopic (exact) mass is 417 g/mol. The number of methoxy groups -OCH3 is 1. The van der Waals surface area contributed by atoms with E-state index < -0.39 is 0 Å². The summed E-state index contributed by atoms with van der Waals surface area (Å²) in [6, 6.07) is 12.0. The van der Waals surface area contributed by atoms with E-state index in [9.17, 15) is 5.26 Å². The predicted molar refractivity (Wildman–Crippen MR) is 86.0 cm³/mol. The molecule has 0 spiro atoms. The van der Waals surface area contributed by atoms with Crippen molar-refractivity contribution in [1.82, 2.24) is 4.98 Å². The topological polar surface area (TPSA) is 52.7 Å². The second-order valence-electron chi connectivity index (χ2n) is 5.09. The second kappa shape index (κ2) is 7.29. The van der Waals surface area contributed by atoms with Gasteiger partial charge in [0.1, 0.15) is 12.8 Å². The summed E-state index contributed by atoms with van der Waals surface area (Å²) in [5.74, 6) is 0.775. The molecule has 0 amide bonds. The van der Waals surface area contributed by atoms with Gasteiger partial charge in [-0.1, -0.05) is 0 Å². The Balaban J connectivity index is 0.00000192. The van der Waals surface area contributed by atoms with Crippen LogP contribution in [-0.2, 0) is 7.05 Å². The number of fused-ring (bicyclic) bond motifs is 1. The molecule has 0 atom stereocenters. The van der Waals surface area contributed by atoms with Gasteiger partial charge in [0, 0.05) is 34.3 Å². The number of nitrogens with one attached hydrogen (secondary N) is 1. The van der Waals surface area contributed by atoms with Crippen LogP contribution in [0.3, 0.4) is 0 Å². The zero-order valence-electron chi connectivity index (χ0n) is 12.9. The lowest BCUT2D eigenvalue weighted by molar-refractivity contribution is -0.671. The summed E-state index contributed by atoms with van der Waals surface area (Å²) in [5, 5.41) is 10.5. The number of aromatic amines is 1. The Morgan fingerprint density at radius 3 is 2.87 bits per heavy atom. The van der Waals surface area contributed by atoms with E-state index in [0.717, 1.165) is 27.8 Å². The Morgan fingerprint density at radius 1 is 1.35 bits per heavy atom. The normalized spacial score (nSPS) is 10.9. The van der Waals surface area contributed by atoms with Gasteiger partial charge in [-0.3, -0.25) is 0 Å². The Labute approximate surface area is 152 Å². The number of pyridine rings is 1. The van der Waals surface area contributed by atoms with Gasteiger partial charge >= 0.3 is 0 Å². The number of H-pyrrole nitrogens is 1. The molecule has 0 aliphatic rings. The molecule has 2 aromatic heterocycles. The highest BCUT2D eigenvalue weighted by Crippen LogP contribution is 2.29. The van der Waals surface area contributed by atoms with E-state index in [1.54, 1.807) is 7.11 Å². The molecule has 0 bridgehead atoms. The number of nitriles is 1. The van der Waals surface area contributed by atoms with Crippen LogP contribution in [0.5, 0.6) is 5.75 Å². The first-order chi connectivity index (χ1) is 10.7. The van der Waals surface area contributed by atoms with E-state index in [1.807, 2.05) is 66.6 Å². The minimum atomic E-state index is 0. The molecule has 0 radical (unpaired) electrons. The Bertz CT molecular complexity index is 906. The Hall–Kier alpha value is -2.33. The zero-order chi connectivity index (χ0) is 15.5. The third kappa shape index (κ3) is 3.54. The highest BCUT2D eigenvalue weighted by molar-refractivity contribution is 6.01. The third-order valence-corrected chi connectivity index (χ3v) is 3.57. The number of ether oxygens (including phenoxy) is 1. The van der Waals surface area contributed by atoms with Gasteiger partial charge in [0.25, 0.3) is 0 Å². The van der Waals surface area contributed by atoms with E-state index in [-0.39, 0.29) is 24.0 Å². The summed E-state index contributed by atoms with van der Waals surface area (Å²) >= 11 is 0. The minimum absolute atomic E-state index is 0. The highest BCUT2D eigenvalue weighted by atomic mass is 127. The van der Waals surface area contributed by atoms with Gasteiger partial charge in [0.2, 0.25) is 0 Å².